The van der Waals surface area contributed by atoms with Crippen LogP contribution in [0.3, 0.4) is 0 Å². The first-order chi connectivity index (χ1) is 16.7. The van der Waals surface area contributed by atoms with Crippen LogP contribution in [0.1, 0.15) is 66.4 Å². The highest BCUT2D eigenvalue weighted by Crippen LogP contribution is 2.29. The van der Waals surface area contributed by atoms with E-state index in [-0.39, 0.29) is 35.8 Å². The van der Waals surface area contributed by atoms with Crippen LogP contribution in [-0.4, -0.2) is 65.2 Å². The van der Waals surface area contributed by atoms with Crippen molar-refractivity contribution in [2.45, 2.75) is 63.6 Å². The predicted molar refractivity (Wildman–Crippen MR) is 130 cm³/mol. The maximum Gasteiger partial charge on any atom is 0.276 e. The molecule has 2 heterocycles. The predicted octanol–water partition coefficient (Wildman–Crippen LogP) is 2.84. The average Bonchev–Trinajstić information content (AvgIpc) is 3.10. The van der Waals surface area contributed by atoms with Gasteiger partial charge in [0.15, 0.2) is 5.69 Å². The minimum absolute atomic E-state index is 0.0805. The molecule has 1 aromatic heterocycles. The monoisotopic (exact) mass is 483 g/mol. The third-order valence-electron chi connectivity index (χ3n) is 7.02. The normalized spacial score (nSPS) is 20.6. The number of nitrogens with one attached hydrogen (secondary N) is 2. The van der Waals surface area contributed by atoms with Gasteiger partial charge in [0.05, 0.1) is 20.8 Å². The third kappa shape index (κ3) is 4.96. The summed E-state index contributed by atoms with van der Waals surface area (Å²) in [7, 11) is 4.66. The molecule has 10 heteroatoms. The van der Waals surface area contributed by atoms with Crippen molar-refractivity contribution in [2.75, 3.05) is 26.6 Å². The number of methoxy groups -OCH3 is 2. The standard InChI is InChI=1S/C25H33N5O5/c1-25(24(33)27-16-9-7-5-6-8-10-16)15-30-21(23(32)29(25)2)14-20(28-30)22(31)26-17-11-18(34-3)13-19(12-17)35-4/h11-14,16H,5-10,15H2,1-4H3,(H,26,31)(H,27,33)/t25-/m1/s1. The second-order valence-electron chi connectivity index (χ2n) is 9.43. The van der Waals surface area contributed by atoms with Gasteiger partial charge in [0.1, 0.15) is 22.7 Å². The highest BCUT2D eigenvalue weighted by Gasteiger charge is 2.46. The molecule has 0 radical (unpaired) electrons. The number of aromatic nitrogens is 2. The van der Waals surface area contributed by atoms with Crippen LogP contribution in [0.25, 0.3) is 0 Å². The lowest BCUT2D eigenvalue weighted by atomic mass is 9.95. The van der Waals surface area contributed by atoms with Crippen LogP contribution in [0, 0.1) is 0 Å². The van der Waals surface area contributed by atoms with E-state index in [0.29, 0.717) is 17.2 Å². The van der Waals surface area contributed by atoms with Gasteiger partial charge in [-0.2, -0.15) is 5.10 Å². The summed E-state index contributed by atoms with van der Waals surface area (Å²) in [4.78, 5) is 40.9. The van der Waals surface area contributed by atoms with Crippen molar-refractivity contribution in [3.8, 4) is 11.5 Å². The Balaban J connectivity index is 1.53. The van der Waals surface area contributed by atoms with Crippen molar-refractivity contribution < 1.29 is 23.9 Å². The van der Waals surface area contributed by atoms with Crippen LogP contribution < -0.4 is 20.1 Å². The van der Waals surface area contributed by atoms with E-state index in [2.05, 4.69) is 15.7 Å². The number of fused-ring (bicyclic) bond motifs is 1. The van der Waals surface area contributed by atoms with E-state index in [1.54, 1.807) is 32.2 Å². The number of hydrogen-bond donors (Lipinski definition) is 2. The fourth-order valence-corrected chi connectivity index (χ4v) is 4.68. The van der Waals surface area contributed by atoms with Crippen molar-refractivity contribution in [1.29, 1.82) is 0 Å². The molecule has 1 aromatic carbocycles. The molecule has 4 rings (SSSR count). The second-order valence-corrected chi connectivity index (χ2v) is 9.43. The van der Waals surface area contributed by atoms with Gasteiger partial charge in [-0.05, 0) is 19.8 Å². The van der Waals surface area contributed by atoms with Gasteiger partial charge in [-0.3, -0.25) is 19.1 Å². The molecular formula is C25H33N5O5. The van der Waals surface area contributed by atoms with E-state index in [1.165, 1.54) is 42.7 Å². The maximum atomic E-state index is 13.3. The lowest BCUT2D eigenvalue weighted by molar-refractivity contribution is -0.133. The Morgan fingerprint density at radius 2 is 1.66 bits per heavy atom. The minimum Gasteiger partial charge on any atom is -0.497 e. The molecule has 2 N–H and O–H groups in total. The van der Waals surface area contributed by atoms with Crippen molar-refractivity contribution in [1.82, 2.24) is 20.0 Å². The molecule has 1 atom stereocenters. The highest BCUT2D eigenvalue weighted by atomic mass is 16.5. The van der Waals surface area contributed by atoms with Gasteiger partial charge in [0, 0.05) is 43.0 Å². The van der Waals surface area contributed by atoms with Crippen molar-refractivity contribution >= 4 is 23.4 Å². The first-order valence-corrected chi connectivity index (χ1v) is 12.0. The van der Waals surface area contributed by atoms with Crippen LogP contribution in [0.5, 0.6) is 11.5 Å². The molecule has 1 aliphatic carbocycles. The second kappa shape index (κ2) is 9.97. The summed E-state index contributed by atoms with van der Waals surface area (Å²) >= 11 is 0. The van der Waals surface area contributed by atoms with Gasteiger partial charge in [-0.25, -0.2) is 0 Å². The van der Waals surface area contributed by atoms with E-state index in [1.807, 2.05) is 0 Å². The first kappa shape index (κ1) is 24.6. The summed E-state index contributed by atoms with van der Waals surface area (Å²) < 4.78 is 11.9. The molecule has 1 aliphatic heterocycles. The van der Waals surface area contributed by atoms with E-state index >= 15 is 0 Å². The summed E-state index contributed by atoms with van der Waals surface area (Å²) in [6.45, 7) is 1.90. The number of carbonyl (C=O) groups is 3. The zero-order valence-electron chi connectivity index (χ0n) is 20.7. The SMILES string of the molecule is COc1cc(NC(=O)c2cc3n(n2)C[C@](C)(C(=O)NC2CCCCCC2)N(C)C3=O)cc(OC)c1. The Kier molecular flexibility index (Phi) is 7.00. The summed E-state index contributed by atoms with van der Waals surface area (Å²) in [5.74, 6) is 0.00887. The fraction of sp³-hybridized carbons (Fsp3) is 0.520. The number of hydrogen-bond acceptors (Lipinski definition) is 6. The summed E-state index contributed by atoms with van der Waals surface area (Å²) in [6, 6.07) is 6.58. The van der Waals surface area contributed by atoms with Gasteiger partial charge in [0.2, 0.25) is 5.91 Å². The zero-order chi connectivity index (χ0) is 25.2. The Morgan fingerprint density at radius 1 is 1.03 bits per heavy atom. The summed E-state index contributed by atoms with van der Waals surface area (Å²) in [5, 5.41) is 10.3. The topological polar surface area (TPSA) is 115 Å². The third-order valence-corrected chi connectivity index (χ3v) is 7.02. The number of rotatable bonds is 6. The number of benzene rings is 1. The van der Waals surface area contributed by atoms with Gasteiger partial charge in [-0.1, -0.05) is 25.7 Å². The molecule has 188 valence electrons. The van der Waals surface area contributed by atoms with E-state index in [0.717, 1.165) is 25.7 Å². The van der Waals surface area contributed by atoms with Crippen molar-refractivity contribution in [3.63, 3.8) is 0 Å². The number of carbonyl (C=O) groups excluding carboxylic acids is 3. The van der Waals surface area contributed by atoms with Crippen LogP contribution >= 0.6 is 0 Å². The Morgan fingerprint density at radius 3 is 2.26 bits per heavy atom. The molecule has 10 nitrogen and oxygen atoms in total. The molecule has 2 aliphatic rings. The first-order valence-electron chi connectivity index (χ1n) is 12.0. The molecule has 0 unspecified atom stereocenters. The number of ether oxygens (including phenoxy) is 2. The van der Waals surface area contributed by atoms with Crippen LogP contribution in [0.2, 0.25) is 0 Å². The fourth-order valence-electron chi connectivity index (χ4n) is 4.68. The lowest BCUT2D eigenvalue weighted by Gasteiger charge is -2.41. The van der Waals surface area contributed by atoms with Crippen LogP contribution in [0.15, 0.2) is 24.3 Å². The molecule has 3 amide bonds. The van der Waals surface area contributed by atoms with E-state index < -0.39 is 11.4 Å². The molecule has 1 saturated carbocycles. The van der Waals surface area contributed by atoms with E-state index in [4.69, 9.17) is 9.47 Å². The molecule has 35 heavy (non-hydrogen) atoms. The number of amides is 3. The molecular weight excluding hydrogens is 450 g/mol. The molecule has 2 aromatic rings. The highest BCUT2D eigenvalue weighted by molar-refractivity contribution is 6.06. The Labute approximate surface area is 204 Å². The summed E-state index contributed by atoms with van der Waals surface area (Å²) in [6.07, 6.45) is 6.46. The van der Waals surface area contributed by atoms with Gasteiger partial charge in [-0.15, -0.1) is 0 Å². The number of anilines is 1. The molecule has 1 fully saturated rings. The molecule has 0 saturated heterocycles. The van der Waals surface area contributed by atoms with Gasteiger partial charge < -0.3 is 25.0 Å². The Hall–Kier alpha value is -3.56. The molecule has 0 spiro atoms. The van der Waals surface area contributed by atoms with E-state index in [9.17, 15) is 14.4 Å². The quantitative estimate of drug-likeness (QED) is 0.611. The maximum absolute atomic E-state index is 13.3. The number of nitrogens with zero attached hydrogens (tertiary/aromatic N) is 3. The zero-order valence-corrected chi connectivity index (χ0v) is 20.7. The van der Waals surface area contributed by atoms with Crippen molar-refractivity contribution in [3.05, 3.63) is 35.7 Å². The molecule has 0 bridgehead atoms. The van der Waals surface area contributed by atoms with Gasteiger partial charge >= 0.3 is 0 Å². The average molecular weight is 484 g/mol. The summed E-state index contributed by atoms with van der Waals surface area (Å²) in [5.41, 5.74) is -0.304. The van der Waals surface area contributed by atoms with Crippen LogP contribution in [0.4, 0.5) is 5.69 Å². The minimum atomic E-state index is -1.11. The van der Waals surface area contributed by atoms with Gasteiger partial charge in [0.25, 0.3) is 11.8 Å². The number of likely N-dealkylation sites (N-methyl/N-ethyl adjacent to an activating group) is 1. The van der Waals surface area contributed by atoms with Crippen LogP contribution in [-0.2, 0) is 11.3 Å². The Bertz CT molecular complexity index is 1100. The lowest BCUT2D eigenvalue weighted by Crippen LogP contribution is -2.63. The van der Waals surface area contributed by atoms with Crippen molar-refractivity contribution in [2.24, 2.45) is 0 Å². The largest absolute Gasteiger partial charge is 0.497 e. The smallest absolute Gasteiger partial charge is 0.276 e.